The van der Waals surface area contributed by atoms with Crippen LogP contribution < -0.4 is 4.90 Å². The fourth-order valence-electron chi connectivity index (χ4n) is 6.96. The molecule has 1 nitrogen and oxygen atoms in total. The van der Waals surface area contributed by atoms with Crippen LogP contribution in [0.15, 0.2) is 243 Å². The average Bonchev–Trinajstić information content (AvgIpc) is 3.22. The van der Waals surface area contributed by atoms with E-state index in [0.717, 1.165) is 51.3 Å². The molecule has 1 aliphatic carbocycles. The summed E-state index contributed by atoms with van der Waals surface area (Å²) in [6.45, 7) is 16.8. The normalized spacial score (nSPS) is 14.0. The summed E-state index contributed by atoms with van der Waals surface area (Å²) in [6.07, 6.45) is 17.3. The van der Waals surface area contributed by atoms with Crippen LogP contribution in [0.3, 0.4) is 0 Å². The second kappa shape index (κ2) is 16.1. The molecule has 0 fully saturated rings. The Morgan fingerprint density at radius 3 is 1.94 bits per heavy atom. The number of anilines is 1. The number of nitrogens with zero attached hydrogens (tertiary/aromatic N) is 1. The van der Waals surface area contributed by atoms with Crippen LogP contribution in [0.1, 0.15) is 17.9 Å². The summed E-state index contributed by atoms with van der Waals surface area (Å²) in [7, 11) is 0. The van der Waals surface area contributed by atoms with Gasteiger partial charge in [-0.25, -0.2) is 0 Å². The molecule has 0 aromatic heterocycles. The Morgan fingerprint density at radius 2 is 1.23 bits per heavy atom. The minimum atomic E-state index is 0.324. The fourth-order valence-corrected chi connectivity index (χ4v) is 6.96. The van der Waals surface area contributed by atoms with Crippen LogP contribution in [0.25, 0.3) is 44.2 Å². The summed E-state index contributed by atoms with van der Waals surface area (Å²) in [5.41, 5.74) is 13.0. The zero-order chi connectivity index (χ0) is 36.6. The van der Waals surface area contributed by atoms with Gasteiger partial charge in [0, 0.05) is 23.0 Å². The molecule has 1 atom stereocenters. The zero-order valence-corrected chi connectivity index (χ0v) is 30.0. The smallest absolute Gasteiger partial charge is 0.0467 e. The summed E-state index contributed by atoms with van der Waals surface area (Å²) >= 11 is 0. The molecule has 53 heavy (non-hydrogen) atoms. The molecule has 1 unspecified atom stereocenters. The quantitative estimate of drug-likeness (QED) is 0.116. The minimum Gasteiger partial charge on any atom is -0.311 e. The Hall–Kier alpha value is -6.70. The maximum atomic E-state index is 4.58. The number of rotatable bonds is 12. The Labute approximate surface area is 314 Å². The van der Waals surface area contributed by atoms with Crippen LogP contribution in [0, 0.1) is 0 Å². The lowest BCUT2D eigenvalue weighted by Gasteiger charge is -2.30. The third-order valence-electron chi connectivity index (χ3n) is 9.82. The van der Waals surface area contributed by atoms with Gasteiger partial charge in [-0.2, -0.15) is 0 Å². The van der Waals surface area contributed by atoms with Crippen molar-refractivity contribution in [2.45, 2.75) is 12.3 Å². The lowest BCUT2D eigenvalue weighted by Crippen LogP contribution is -2.21. The zero-order valence-electron chi connectivity index (χ0n) is 30.0. The summed E-state index contributed by atoms with van der Waals surface area (Å²) in [5, 5.41) is 2.50. The minimum absolute atomic E-state index is 0.324. The molecule has 0 heterocycles. The van der Waals surface area contributed by atoms with Gasteiger partial charge in [-0.05, 0) is 91.6 Å². The number of fused-ring (bicyclic) bond motifs is 1. The second-order valence-corrected chi connectivity index (χ2v) is 13.2. The second-order valence-electron chi connectivity index (χ2n) is 13.2. The first-order chi connectivity index (χ1) is 26.0. The lowest BCUT2D eigenvalue weighted by atomic mass is 9.90. The van der Waals surface area contributed by atoms with Crippen molar-refractivity contribution in [1.82, 2.24) is 0 Å². The standard InChI is InChI=1S/C52H43N/c1-5-6-16-38(2)39(3)25-26-40(4)53(47-33-31-42(32-34-47)41-17-9-7-10-18-41)48-35-36-51(52(37-48)44-19-11-8-12-20-44)46-29-27-45(28-30-46)50-24-15-22-43-21-13-14-23-49(43)50/h5-31,33-37,42H,1-4,32H2/b16-6-,26-25-. The number of benzene rings is 6. The molecule has 0 N–H and O–H groups in total. The van der Waals surface area contributed by atoms with Crippen molar-refractivity contribution in [2.75, 3.05) is 4.90 Å². The summed E-state index contributed by atoms with van der Waals surface area (Å²) in [6, 6.07) is 52.1. The van der Waals surface area contributed by atoms with Crippen molar-refractivity contribution < 1.29 is 0 Å². The molecule has 6 aromatic carbocycles. The Kier molecular flexibility index (Phi) is 10.6. The van der Waals surface area contributed by atoms with Gasteiger partial charge in [-0.3, -0.25) is 0 Å². The van der Waals surface area contributed by atoms with E-state index in [4.69, 9.17) is 0 Å². The Bertz CT molecular complexity index is 2410. The van der Waals surface area contributed by atoms with Crippen molar-refractivity contribution in [1.29, 1.82) is 0 Å². The van der Waals surface area contributed by atoms with Gasteiger partial charge < -0.3 is 4.90 Å². The molecular formula is C52H43N. The maximum Gasteiger partial charge on any atom is 0.0467 e. The number of allylic oxidation sites excluding steroid dienone is 10. The monoisotopic (exact) mass is 681 g/mol. The molecule has 0 saturated heterocycles. The van der Waals surface area contributed by atoms with Crippen LogP contribution in [-0.2, 0) is 0 Å². The molecule has 1 aliphatic rings. The van der Waals surface area contributed by atoms with Crippen molar-refractivity contribution in [3.63, 3.8) is 0 Å². The van der Waals surface area contributed by atoms with Gasteiger partial charge in [0.05, 0.1) is 0 Å². The average molecular weight is 682 g/mol. The van der Waals surface area contributed by atoms with Gasteiger partial charge >= 0.3 is 0 Å². The molecular weight excluding hydrogens is 639 g/mol. The van der Waals surface area contributed by atoms with E-state index in [2.05, 4.69) is 195 Å². The van der Waals surface area contributed by atoms with Crippen LogP contribution in [0.2, 0.25) is 0 Å². The van der Waals surface area contributed by atoms with E-state index >= 15 is 0 Å². The lowest BCUT2D eigenvalue weighted by molar-refractivity contribution is 0.838. The first kappa shape index (κ1) is 34.7. The van der Waals surface area contributed by atoms with Gasteiger partial charge in [0.15, 0.2) is 0 Å². The molecule has 0 radical (unpaired) electrons. The summed E-state index contributed by atoms with van der Waals surface area (Å²) < 4.78 is 0. The van der Waals surface area contributed by atoms with Crippen molar-refractivity contribution in [2.24, 2.45) is 0 Å². The van der Waals surface area contributed by atoms with E-state index in [9.17, 15) is 0 Å². The molecule has 0 bridgehead atoms. The van der Waals surface area contributed by atoms with Crippen molar-refractivity contribution in [3.05, 3.63) is 249 Å². The van der Waals surface area contributed by atoms with Crippen LogP contribution >= 0.6 is 0 Å². The molecule has 7 rings (SSSR count). The van der Waals surface area contributed by atoms with Gasteiger partial charge in [-0.1, -0.05) is 196 Å². The maximum absolute atomic E-state index is 4.58. The number of hydrogen-bond donors (Lipinski definition) is 0. The molecule has 0 aliphatic heterocycles. The van der Waals surface area contributed by atoms with Crippen LogP contribution in [0.4, 0.5) is 5.69 Å². The SMILES string of the molecule is C=C/C=C\C(=C)C(=C)/C=C\C(=C)N(C1=CCC(c2ccccc2)C=C1)c1ccc(-c2ccc(-c3cccc4ccccc34)cc2)c(-c2ccccc2)c1. The first-order valence-electron chi connectivity index (χ1n) is 18.1. The molecule has 0 saturated carbocycles. The van der Waals surface area contributed by atoms with Crippen molar-refractivity contribution in [3.8, 4) is 33.4 Å². The predicted molar refractivity (Wildman–Crippen MR) is 230 cm³/mol. The highest BCUT2D eigenvalue weighted by Crippen LogP contribution is 2.40. The van der Waals surface area contributed by atoms with Gasteiger partial charge in [0.25, 0.3) is 0 Å². The third-order valence-corrected chi connectivity index (χ3v) is 9.82. The Balaban J connectivity index is 1.28. The highest BCUT2D eigenvalue weighted by molar-refractivity contribution is 5.97. The van der Waals surface area contributed by atoms with Gasteiger partial charge in [0.1, 0.15) is 0 Å². The highest BCUT2D eigenvalue weighted by Gasteiger charge is 2.20. The molecule has 6 aromatic rings. The third kappa shape index (κ3) is 7.81. The molecule has 256 valence electrons. The summed E-state index contributed by atoms with van der Waals surface area (Å²) in [5.74, 6) is 0.324. The fraction of sp³-hybridized carbons (Fsp3) is 0.0385. The first-order valence-corrected chi connectivity index (χ1v) is 18.1. The highest BCUT2D eigenvalue weighted by atomic mass is 15.1. The van der Waals surface area contributed by atoms with E-state index in [0.29, 0.717) is 5.92 Å². The largest absolute Gasteiger partial charge is 0.311 e. The van der Waals surface area contributed by atoms with Gasteiger partial charge in [-0.15, -0.1) is 0 Å². The van der Waals surface area contributed by atoms with Crippen molar-refractivity contribution >= 4 is 16.5 Å². The van der Waals surface area contributed by atoms with Crippen LogP contribution in [-0.4, -0.2) is 0 Å². The Morgan fingerprint density at radius 1 is 0.585 bits per heavy atom. The molecule has 0 spiro atoms. The van der Waals surface area contributed by atoms with E-state index in [1.54, 1.807) is 6.08 Å². The molecule has 0 amide bonds. The van der Waals surface area contributed by atoms with E-state index in [1.165, 1.54) is 33.0 Å². The van der Waals surface area contributed by atoms with Crippen LogP contribution in [0.5, 0.6) is 0 Å². The predicted octanol–water partition coefficient (Wildman–Crippen LogP) is 14.2. The van der Waals surface area contributed by atoms with E-state index < -0.39 is 0 Å². The van der Waals surface area contributed by atoms with E-state index in [1.807, 2.05) is 24.3 Å². The topological polar surface area (TPSA) is 3.24 Å². The number of hydrogen-bond acceptors (Lipinski definition) is 1. The van der Waals surface area contributed by atoms with Gasteiger partial charge in [0.2, 0.25) is 0 Å². The van der Waals surface area contributed by atoms with E-state index in [-0.39, 0.29) is 0 Å². The summed E-state index contributed by atoms with van der Waals surface area (Å²) in [4.78, 5) is 2.24. The molecule has 1 heteroatoms.